The Morgan fingerprint density at radius 1 is 0.448 bits per heavy atom. The summed E-state index contributed by atoms with van der Waals surface area (Å²) in [7, 11) is 1.52. The molecule has 4 aliphatic carbocycles. The zero-order chi connectivity index (χ0) is 81.3. The molecule has 25 nitrogen and oxygen atoms in total. The fourth-order valence-corrected chi connectivity index (χ4v) is 14.3. The van der Waals surface area contributed by atoms with Crippen LogP contribution in [0.5, 0.6) is 0 Å². The standard InChI is InChI=1S/C15H22O4.C14H20O4.C13H22O5.C13H22O4.C12H20O4.C8H14O2.C6H10O2.10CH4/c1-5-14(2,3)13(17)19-15(4)8-6-9-10(7-8)12(16)18-11(9)15;1-4-14(2,3)13(16)18-10-7-5-8-9(6-7)12(15)17-11(8)10;1-6-12(2,3)11(15)17-9-7-10(14)18-13(9,4)8-16-5;1-7-11(2,3)10(15)17-13(6)8-9(14)16-12(13,4)5;1-6-11(2,3)10(14)15-8-7-9(13)16-12(8,4)5;1-7(2)5-8(3,4)10-6(7)9;1-6(2)3-4-8-5(6)7;;;;;;;;;;/h8-11H,5-7H2,1-4H3;7-11H,4-6H2,1-3H3;9H,6-8H2,1-5H3;7-8H2,1-6H3;8H,6-7H2,1-5H3;5H2,1-4H3;3-4H2,1-2H3;10*1H4. The molecule has 11 aliphatic rings. The fourth-order valence-electron chi connectivity index (χ4n) is 14.3. The van der Waals surface area contributed by atoms with Gasteiger partial charge in [-0.25, -0.2) is 0 Å². The van der Waals surface area contributed by atoms with Crippen molar-refractivity contribution in [1.82, 2.24) is 0 Å². The number of hydrogen-bond acceptors (Lipinski definition) is 25. The van der Waals surface area contributed by atoms with E-state index in [1.165, 1.54) is 7.11 Å². The first-order valence-corrected chi connectivity index (χ1v) is 38.2. The van der Waals surface area contributed by atoms with Gasteiger partial charge in [-0.1, -0.05) is 109 Å². The summed E-state index contributed by atoms with van der Waals surface area (Å²) in [5, 5.41) is 0. The lowest BCUT2D eigenvalue weighted by Gasteiger charge is -2.38. The van der Waals surface area contributed by atoms with E-state index in [1.807, 2.05) is 152 Å². The van der Waals surface area contributed by atoms with E-state index in [2.05, 4.69) is 0 Å². The molecule has 14 unspecified atom stereocenters. The Balaban J connectivity index is -0.000000304. The average molecular weight is 1660 g/mol. The lowest BCUT2D eigenvalue weighted by Crippen LogP contribution is -2.49. The van der Waals surface area contributed by atoms with E-state index in [-0.39, 0.29) is 230 Å². The monoisotopic (exact) mass is 1660 g/mol. The summed E-state index contributed by atoms with van der Waals surface area (Å²) in [5.74, 6) is -1.20. The second kappa shape index (κ2) is 43.7. The third-order valence-corrected chi connectivity index (χ3v) is 24.6. The molecular weight excluding hydrogens is 1490 g/mol. The van der Waals surface area contributed by atoms with Gasteiger partial charge in [-0.05, 0) is 223 Å². The number of esters is 12. The molecule has 0 aromatic heterocycles. The van der Waals surface area contributed by atoms with Crippen LogP contribution in [0.3, 0.4) is 0 Å². The van der Waals surface area contributed by atoms with Crippen LogP contribution in [0.25, 0.3) is 0 Å². The average Bonchev–Trinajstić information content (AvgIpc) is 1.55. The van der Waals surface area contributed by atoms with Gasteiger partial charge < -0.3 is 61.6 Å². The molecule has 0 N–H and O–H groups in total. The minimum atomic E-state index is -0.884. The second-order valence-electron chi connectivity index (χ2n) is 37.6. The molecule has 0 aromatic carbocycles. The number of carbonyl (C=O) groups is 12. The van der Waals surface area contributed by atoms with Crippen molar-refractivity contribution in [2.45, 2.75) is 422 Å². The van der Waals surface area contributed by atoms with Gasteiger partial charge in [-0.15, -0.1) is 0 Å². The Kier molecular flexibility index (Phi) is 45.4. The van der Waals surface area contributed by atoms with Crippen molar-refractivity contribution in [3.8, 4) is 0 Å². The minimum absolute atomic E-state index is 0. The predicted molar refractivity (Wildman–Crippen MR) is 454 cm³/mol. The van der Waals surface area contributed by atoms with Crippen molar-refractivity contribution < 1.29 is 119 Å². The first-order valence-electron chi connectivity index (χ1n) is 38.2. The minimum Gasteiger partial charge on any atom is -0.465 e. The molecule has 0 amide bonds. The Morgan fingerprint density at radius 2 is 0.871 bits per heavy atom. The van der Waals surface area contributed by atoms with E-state index in [0.717, 1.165) is 51.4 Å². The molecule has 7 heterocycles. The molecule has 0 aromatic rings. The number of methoxy groups -OCH3 is 1. The number of ether oxygens (including phenoxy) is 13. The van der Waals surface area contributed by atoms with Gasteiger partial charge in [0, 0.05) is 37.2 Å². The van der Waals surface area contributed by atoms with Crippen LogP contribution in [0.4, 0.5) is 0 Å². The zero-order valence-electron chi connectivity index (χ0n) is 69.4. The Hall–Kier alpha value is -6.40. The number of hydrogen-bond donors (Lipinski definition) is 0. The first kappa shape index (κ1) is 120. The molecule has 4 saturated carbocycles. The van der Waals surface area contributed by atoms with Crippen LogP contribution in [0, 0.1) is 73.4 Å². The summed E-state index contributed by atoms with van der Waals surface area (Å²) in [6, 6.07) is 0. The maximum absolute atomic E-state index is 12.3. The smallest absolute Gasteiger partial charge is 0.312 e. The SMILES string of the molecule is C.C.C.C.C.C.C.C.C.C.CC1(C)CC(C)(C)C(=O)O1.CC1(C)CCOC1=O.CCC(C)(C)C(=O)OC1(C)C2CC3C(=O)OC1C3C2.CCC(C)(C)C(=O)OC1(C)CC(=O)OC1(C)C.CCC(C)(C)C(=O)OC1C2CC3C(=O)OC1C3C2.CCC(C)(C)C(=O)OC1CC(=O)OC1(C)C.CCC(C)(C)C(=O)OC1CC(=O)OC1(C)COC. The third-order valence-electron chi connectivity index (χ3n) is 24.6. The van der Waals surface area contributed by atoms with Crippen LogP contribution < -0.4 is 0 Å². The van der Waals surface area contributed by atoms with E-state index < -0.39 is 67.3 Å². The van der Waals surface area contributed by atoms with Crippen molar-refractivity contribution in [1.29, 1.82) is 0 Å². The van der Waals surface area contributed by atoms with Gasteiger partial charge in [0.15, 0.2) is 23.4 Å². The van der Waals surface area contributed by atoms with Gasteiger partial charge in [-0.3, -0.25) is 57.5 Å². The normalized spacial score (nSPS) is 29.4. The molecule has 7 aliphatic heterocycles. The highest BCUT2D eigenvalue weighted by Crippen LogP contribution is 2.61. The summed E-state index contributed by atoms with van der Waals surface area (Å²) in [6.45, 7) is 53.1. The molecule has 684 valence electrons. The van der Waals surface area contributed by atoms with E-state index in [4.69, 9.17) is 61.6 Å². The molecule has 11 rings (SSSR count). The molecule has 25 heteroatoms. The largest absolute Gasteiger partial charge is 0.465 e. The highest BCUT2D eigenvalue weighted by Gasteiger charge is 2.70. The van der Waals surface area contributed by atoms with Crippen molar-refractivity contribution in [2.24, 2.45) is 73.4 Å². The molecule has 0 spiro atoms. The Labute approximate surface area is 703 Å². The van der Waals surface area contributed by atoms with Gasteiger partial charge in [0.2, 0.25) is 0 Å². The molecular formula is C91H170O25. The molecule has 7 saturated heterocycles. The van der Waals surface area contributed by atoms with Crippen LogP contribution in [0.1, 0.15) is 358 Å². The van der Waals surface area contributed by atoms with Crippen molar-refractivity contribution in [2.75, 3.05) is 20.3 Å². The highest BCUT2D eigenvalue weighted by molar-refractivity contribution is 5.83. The lowest BCUT2D eigenvalue weighted by atomic mass is 9.79. The van der Waals surface area contributed by atoms with E-state index in [1.54, 1.807) is 41.5 Å². The lowest BCUT2D eigenvalue weighted by molar-refractivity contribution is -0.188. The number of cyclic esters (lactones) is 5. The Morgan fingerprint density at radius 3 is 1.24 bits per heavy atom. The van der Waals surface area contributed by atoms with Crippen molar-refractivity contribution >= 4 is 71.6 Å². The van der Waals surface area contributed by atoms with Gasteiger partial charge >= 0.3 is 71.6 Å². The van der Waals surface area contributed by atoms with Crippen molar-refractivity contribution in [3.63, 3.8) is 0 Å². The third kappa shape index (κ3) is 27.3. The fraction of sp³-hybridized carbons (Fsp3) is 0.868. The van der Waals surface area contributed by atoms with Crippen LogP contribution in [-0.4, -0.2) is 156 Å². The molecule has 14 atom stereocenters. The molecule has 116 heavy (non-hydrogen) atoms. The van der Waals surface area contributed by atoms with Gasteiger partial charge in [0.05, 0.1) is 82.2 Å². The van der Waals surface area contributed by atoms with E-state index in [9.17, 15) is 57.5 Å². The molecule has 0 radical (unpaired) electrons. The quantitative estimate of drug-likeness (QED) is 0.0964. The number of rotatable bonds is 17. The van der Waals surface area contributed by atoms with Crippen LogP contribution >= 0.6 is 0 Å². The predicted octanol–water partition coefficient (Wildman–Crippen LogP) is 19.5. The maximum atomic E-state index is 12.3. The van der Waals surface area contributed by atoms with Crippen LogP contribution in [-0.2, 0) is 119 Å². The van der Waals surface area contributed by atoms with Crippen LogP contribution in [0.2, 0.25) is 0 Å². The zero-order valence-corrected chi connectivity index (χ0v) is 69.4. The topological polar surface area (TPSA) is 325 Å². The summed E-state index contributed by atoms with van der Waals surface area (Å²) in [5.41, 5.74) is -7.14. The van der Waals surface area contributed by atoms with E-state index >= 15 is 0 Å². The van der Waals surface area contributed by atoms with E-state index in [0.29, 0.717) is 37.7 Å². The highest BCUT2D eigenvalue weighted by atomic mass is 16.6. The first-order chi connectivity index (χ1) is 48.2. The van der Waals surface area contributed by atoms with Gasteiger partial charge in [-0.2, -0.15) is 0 Å². The Bertz CT molecular complexity index is 3280. The van der Waals surface area contributed by atoms with Gasteiger partial charge in [0.25, 0.3) is 0 Å². The number of fused-ring (bicyclic) bond motifs is 2. The summed E-state index contributed by atoms with van der Waals surface area (Å²) in [6.07, 6.45) is 7.54. The second-order valence-corrected chi connectivity index (χ2v) is 37.6. The number of carbonyl (C=O) groups excluding carboxylic acids is 12. The summed E-state index contributed by atoms with van der Waals surface area (Å²) >= 11 is 0. The summed E-state index contributed by atoms with van der Waals surface area (Å²) < 4.78 is 69.1. The van der Waals surface area contributed by atoms with Crippen LogP contribution in [0.15, 0.2) is 0 Å². The van der Waals surface area contributed by atoms with Crippen molar-refractivity contribution in [3.05, 3.63) is 0 Å². The maximum Gasteiger partial charge on any atom is 0.312 e. The van der Waals surface area contributed by atoms with Gasteiger partial charge in [0.1, 0.15) is 40.7 Å². The molecule has 4 bridgehead atoms. The summed E-state index contributed by atoms with van der Waals surface area (Å²) in [4.78, 5) is 139. The molecule has 11 fully saturated rings.